The quantitative estimate of drug-likeness (QED) is 0.436. The molecule has 0 aliphatic heterocycles. The molecular weight excluding hydrogens is 411 g/mol. The van der Waals surface area contributed by atoms with Crippen molar-refractivity contribution in [3.63, 3.8) is 0 Å². The monoisotopic (exact) mass is 422 g/mol. The molecule has 0 bridgehead atoms. The second kappa shape index (κ2) is 6.65. The Bertz CT molecular complexity index is 1120. The van der Waals surface area contributed by atoms with Crippen molar-refractivity contribution in [2.75, 3.05) is 0 Å². The van der Waals surface area contributed by atoms with Crippen molar-refractivity contribution in [1.82, 2.24) is 0 Å². The molecule has 4 rings (SSSR count). The first-order valence-electron chi connectivity index (χ1n) is 8.11. The Kier molecular flexibility index (Phi) is 4.60. The van der Waals surface area contributed by atoms with Gasteiger partial charge in [0.25, 0.3) is 0 Å². The van der Waals surface area contributed by atoms with Crippen LogP contribution >= 0.6 is 46.1 Å². The molecular formula is C20H13Cl3O2S. The van der Waals surface area contributed by atoms with Crippen molar-refractivity contribution in [3.05, 3.63) is 77.7 Å². The first kappa shape index (κ1) is 18.0. The van der Waals surface area contributed by atoms with Gasteiger partial charge >= 0.3 is 0 Å². The minimum atomic E-state index is -0.228. The van der Waals surface area contributed by atoms with Gasteiger partial charge in [0.05, 0.1) is 5.56 Å². The number of halogens is 3. The predicted molar refractivity (Wildman–Crippen MR) is 110 cm³/mol. The Morgan fingerprint density at radius 1 is 1.00 bits per heavy atom. The molecule has 1 aliphatic rings. The van der Waals surface area contributed by atoms with Crippen LogP contribution < -0.4 is 5.43 Å². The lowest BCUT2D eigenvalue weighted by molar-refractivity contribution is 0.0958. The van der Waals surface area contributed by atoms with Crippen LogP contribution in [0, 0.1) is 0 Å². The van der Waals surface area contributed by atoms with Crippen LogP contribution in [0.2, 0.25) is 15.1 Å². The van der Waals surface area contributed by atoms with E-state index in [1.807, 2.05) is 19.1 Å². The van der Waals surface area contributed by atoms with Gasteiger partial charge in [0.15, 0.2) is 11.2 Å². The minimum absolute atomic E-state index is 0.000784. The molecule has 0 radical (unpaired) electrons. The fourth-order valence-electron chi connectivity index (χ4n) is 3.61. The van der Waals surface area contributed by atoms with Crippen LogP contribution in [0.4, 0.5) is 0 Å². The largest absolute Gasteiger partial charge is 0.294 e. The summed E-state index contributed by atoms with van der Waals surface area (Å²) in [6.07, 6.45) is 0.254. The predicted octanol–water partition coefficient (Wildman–Crippen LogP) is 6.70. The summed E-state index contributed by atoms with van der Waals surface area (Å²) in [4.78, 5) is 26.6. The Balaban J connectivity index is 1.92. The summed E-state index contributed by atoms with van der Waals surface area (Å²) in [7, 11) is 0. The number of Topliss-reactive ketones (excluding diaryl/α,β-unsaturated/α-hetero) is 1. The number of rotatable bonds is 1. The van der Waals surface area contributed by atoms with Gasteiger partial charge in [0, 0.05) is 36.5 Å². The molecule has 132 valence electrons. The molecule has 1 aromatic heterocycles. The van der Waals surface area contributed by atoms with Crippen LogP contribution in [0.3, 0.4) is 0 Å². The SMILES string of the molecule is CC1c2sc3ccc(Cl)cc3c(=O)c2C(=O)CC1c1ccc(Cl)cc1Cl. The lowest BCUT2D eigenvalue weighted by atomic mass is 9.76. The number of benzene rings is 2. The summed E-state index contributed by atoms with van der Waals surface area (Å²) >= 11 is 19.9. The molecule has 3 aromatic rings. The zero-order valence-corrected chi connectivity index (χ0v) is 16.8. The zero-order chi connectivity index (χ0) is 18.6. The number of carbonyl (C=O) groups excluding carboxylic acids is 1. The van der Waals surface area contributed by atoms with Gasteiger partial charge in [-0.2, -0.15) is 0 Å². The van der Waals surface area contributed by atoms with Crippen molar-refractivity contribution in [2.24, 2.45) is 0 Å². The average molecular weight is 424 g/mol. The Hall–Kier alpha value is -1.39. The summed E-state index contributed by atoms with van der Waals surface area (Å²) in [6, 6.07) is 10.6. The molecule has 0 saturated carbocycles. The molecule has 2 aromatic carbocycles. The molecule has 0 N–H and O–H groups in total. The van der Waals surface area contributed by atoms with E-state index in [4.69, 9.17) is 34.8 Å². The van der Waals surface area contributed by atoms with E-state index in [0.717, 1.165) is 15.1 Å². The maximum Gasteiger partial charge on any atom is 0.199 e. The Morgan fingerprint density at radius 3 is 2.42 bits per heavy atom. The third-order valence-electron chi connectivity index (χ3n) is 4.94. The van der Waals surface area contributed by atoms with E-state index in [1.165, 1.54) is 11.3 Å². The number of hydrogen-bond donors (Lipinski definition) is 0. The molecule has 2 nitrogen and oxygen atoms in total. The molecule has 2 atom stereocenters. The van der Waals surface area contributed by atoms with Crippen LogP contribution in [-0.4, -0.2) is 5.78 Å². The lowest BCUT2D eigenvalue weighted by Crippen LogP contribution is -2.28. The van der Waals surface area contributed by atoms with Crippen LogP contribution in [-0.2, 0) is 0 Å². The number of carbonyl (C=O) groups is 1. The van der Waals surface area contributed by atoms with E-state index in [2.05, 4.69) is 0 Å². The van der Waals surface area contributed by atoms with Gasteiger partial charge in [0.1, 0.15) is 0 Å². The summed E-state index contributed by atoms with van der Waals surface area (Å²) in [6.45, 7) is 2.04. The highest BCUT2D eigenvalue weighted by Gasteiger charge is 2.36. The number of hydrogen-bond acceptors (Lipinski definition) is 3. The molecule has 1 heterocycles. The van der Waals surface area contributed by atoms with Gasteiger partial charge in [-0.25, -0.2) is 0 Å². The fourth-order valence-corrected chi connectivity index (χ4v) is 5.63. The summed E-state index contributed by atoms with van der Waals surface area (Å²) in [5.41, 5.74) is 0.964. The highest BCUT2D eigenvalue weighted by atomic mass is 35.5. The first-order valence-corrected chi connectivity index (χ1v) is 10.1. The van der Waals surface area contributed by atoms with E-state index in [0.29, 0.717) is 26.0 Å². The summed E-state index contributed by atoms with van der Waals surface area (Å²) < 4.78 is 0.834. The van der Waals surface area contributed by atoms with Crippen molar-refractivity contribution in [3.8, 4) is 0 Å². The Morgan fingerprint density at radius 2 is 1.69 bits per heavy atom. The van der Waals surface area contributed by atoms with Gasteiger partial charge in [-0.1, -0.05) is 47.8 Å². The zero-order valence-electron chi connectivity index (χ0n) is 13.7. The third kappa shape index (κ3) is 2.87. The Labute approximate surface area is 169 Å². The molecule has 0 amide bonds. The standard InChI is InChI=1S/C20H13Cl3O2S/c1-9-13(12-4-2-11(22)7-15(12)23)8-16(24)18-19(25)14-6-10(21)3-5-17(14)26-20(9)18/h2-7,9,13H,8H2,1H3. The van der Waals surface area contributed by atoms with Crippen molar-refractivity contribution in [2.45, 2.75) is 25.2 Å². The maximum atomic E-state index is 12.9. The van der Waals surface area contributed by atoms with Crippen LogP contribution in [0.15, 0.2) is 41.2 Å². The average Bonchev–Trinajstić information content (AvgIpc) is 2.59. The third-order valence-corrected chi connectivity index (χ3v) is 7.11. The molecule has 1 aliphatic carbocycles. The molecule has 2 unspecified atom stereocenters. The summed E-state index contributed by atoms with van der Waals surface area (Å²) in [5.74, 6) is -0.225. The highest BCUT2D eigenvalue weighted by molar-refractivity contribution is 7.18. The molecule has 6 heteroatoms. The first-order chi connectivity index (χ1) is 12.4. The maximum absolute atomic E-state index is 12.9. The van der Waals surface area contributed by atoms with Crippen molar-refractivity contribution in [1.29, 1.82) is 0 Å². The van der Waals surface area contributed by atoms with E-state index in [1.54, 1.807) is 24.3 Å². The van der Waals surface area contributed by atoms with Gasteiger partial charge < -0.3 is 0 Å². The number of ketones is 1. The molecule has 26 heavy (non-hydrogen) atoms. The van der Waals surface area contributed by atoms with Crippen molar-refractivity contribution < 1.29 is 4.79 Å². The van der Waals surface area contributed by atoms with E-state index < -0.39 is 0 Å². The van der Waals surface area contributed by atoms with Crippen LogP contribution in [0.5, 0.6) is 0 Å². The lowest BCUT2D eigenvalue weighted by Gasteiger charge is -2.30. The molecule has 0 fully saturated rings. The van der Waals surface area contributed by atoms with Crippen LogP contribution in [0.25, 0.3) is 10.1 Å². The summed E-state index contributed by atoms with van der Waals surface area (Å²) in [5, 5.41) is 2.10. The molecule has 0 saturated heterocycles. The van der Waals surface area contributed by atoms with Gasteiger partial charge in [0.2, 0.25) is 0 Å². The van der Waals surface area contributed by atoms with Gasteiger partial charge in [-0.05, 0) is 47.7 Å². The fraction of sp³-hybridized carbons (Fsp3) is 0.200. The van der Waals surface area contributed by atoms with Gasteiger partial charge in [-0.15, -0.1) is 11.3 Å². The van der Waals surface area contributed by atoms with Gasteiger partial charge in [-0.3, -0.25) is 9.59 Å². The topological polar surface area (TPSA) is 34.1 Å². The second-order valence-electron chi connectivity index (χ2n) is 6.50. The second-order valence-corrected chi connectivity index (χ2v) is 8.86. The van der Waals surface area contributed by atoms with E-state index in [9.17, 15) is 9.59 Å². The van der Waals surface area contributed by atoms with E-state index in [-0.39, 0.29) is 29.5 Å². The molecule has 0 spiro atoms. The number of fused-ring (bicyclic) bond motifs is 2. The smallest absolute Gasteiger partial charge is 0.199 e. The van der Waals surface area contributed by atoms with Crippen molar-refractivity contribution >= 4 is 62.0 Å². The van der Waals surface area contributed by atoms with Crippen LogP contribution in [0.1, 0.15) is 46.0 Å². The normalized spacial score (nSPS) is 19.6. The minimum Gasteiger partial charge on any atom is -0.294 e. The highest BCUT2D eigenvalue weighted by Crippen LogP contribution is 2.46. The van der Waals surface area contributed by atoms with E-state index >= 15 is 0 Å².